The van der Waals surface area contributed by atoms with Crippen LogP contribution in [0.25, 0.3) is 0 Å². The van der Waals surface area contributed by atoms with Crippen molar-refractivity contribution in [2.45, 2.75) is 57.9 Å². The number of hydrogen-bond acceptors (Lipinski definition) is 4. The summed E-state index contributed by atoms with van der Waals surface area (Å²) in [6, 6.07) is 4.52. The number of amides is 1. The van der Waals surface area contributed by atoms with Gasteiger partial charge in [0.2, 0.25) is 15.9 Å². The number of sulfonamides is 1. The molecule has 1 amide bonds. The molecule has 7 nitrogen and oxygen atoms in total. The van der Waals surface area contributed by atoms with Crippen molar-refractivity contribution in [1.82, 2.24) is 14.1 Å². The molecule has 1 saturated heterocycles. The molecule has 158 valence electrons. The highest BCUT2D eigenvalue weighted by Gasteiger charge is 2.31. The molecule has 1 aromatic carbocycles. The highest BCUT2D eigenvalue weighted by Crippen LogP contribution is 2.26. The summed E-state index contributed by atoms with van der Waals surface area (Å²) in [6.07, 6.45) is 2.88. The molecule has 1 aliphatic heterocycles. The number of nitrogens with zero attached hydrogens (tertiary/aromatic N) is 3. The molecule has 9 heteroatoms. The number of rotatable bonds is 6. The summed E-state index contributed by atoms with van der Waals surface area (Å²) >= 11 is 0. The van der Waals surface area contributed by atoms with Gasteiger partial charge in [-0.05, 0) is 51.3 Å². The molecule has 3 rings (SSSR count). The maximum atomic E-state index is 13.6. The second-order valence-corrected chi connectivity index (χ2v) is 9.32. The highest BCUT2D eigenvalue weighted by molar-refractivity contribution is 7.89. The van der Waals surface area contributed by atoms with E-state index in [0.29, 0.717) is 35.7 Å². The number of piperidine rings is 1. The Balaban J connectivity index is 1.69. The first-order valence-electron chi connectivity index (χ1n) is 9.80. The summed E-state index contributed by atoms with van der Waals surface area (Å²) in [5.41, 5.74) is 1.87. The summed E-state index contributed by atoms with van der Waals surface area (Å²) in [6.45, 7) is 6.34. The van der Waals surface area contributed by atoms with Crippen LogP contribution in [0.2, 0.25) is 0 Å². The van der Waals surface area contributed by atoms with E-state index < -0.39 is 10.0 Å². The molecule has 0 aliphatic carbocycles. The smallest absolute Gasteiger partial charge is 0.246 e. The number of anilines is 1. The Morgan fingerprint density at radius 1 is 1.17 bits per heavy atom. The maximum absolute atomic E-state index is 13.6. The molecular weight excluding hydrogens is 395 g/mol. The third-order valence-corrected chi connectivity index (χ3v) is 7.39. The SMILES string of the molecule is Cc1ccc(NC(=O)CCn2nc(C)c(S(=O)(=O)N3CCCCC3)c2C)cc1F. The van der Waals surface area contributed by atoms with Crippen LogP contribution in [0.1, 0.15) is 42.6 Å². The van der Waals surface area contributed by atoms with Crippen LogP contribution in [0.5, 0.6) is 0 Å². The second kappa shape index (κ2) is 8.62. The van der Waals surface area contributed by atoms with E-state index in [0.717, 1.165) is 19.3 Å². The zero-order valence-corrected chi connectivity index (χ0v) is 17.9. The fourth-order valence-corrected chi connectivity index (χ4v) is 5.50. The van der Waals surface area contributed by atoms with Crippen molar-refractivity contribution in [2.75, 3.05) is 18.4 Å². The third-order valence-electron chi connectivity index (χ3n) is 5.23. The van der Waals surface area contributed by atoms with Gasteiger partial charge in [0.15, 0.2) is 0 Å². The second-order valence-electron chi connectivity index (χ2n) is 7.45. The van der Waals surface area contributed by atoms with E-state index in [1.165, 1.54) is 10.4 Å². The van der Waals surface area contributed by atoms with Crippen molar-refractivity contribution in [1.29, 1.82) is 0 Å². The zero-order chi connectivity index (χ0) is 21.2. The molecular formula is C20H27FN4O3S. The average molecular weight is 423 g/mol. The number of aryl methyl sites for hydroxylation is 3. The summed E-state index contributed by atoms with van der Waals surface area (Å²) in [5, 5.41) is 7.00. The number of aromatic nitrogens is 2. The Morgan fingerprint density at radius 2 is 1.86 bits per heavy atom. The average Bonchev–Trinajstić information content (AvgIpc) is 2.97. The molecule has 0 bridgehead atoms. The predicted molar refractivity (Wildman–Crippen MR) is 109 cm³/mol. The fourth-order valence-electron chi connectivity index (χ4n) is 3.61. The predicted octanol–water partition coefficient (Wildman–Crippen LogP) is 3.15. The topological polar surface area (TPSA) is 84.3 Å². The molecule has 1 N–H and O–H groups in total. The van der Waals surface area contributed by atoms with Crippen molar-refractivity contribution < 1.29 is 17.6 Å². The largest absolute Gasteiger partial charge is 0.326 e. The van der Waals surface area contributed by atoms with Crippen LogP contribution in [-0.2, 0) is 21.4 Å². The lowest BCUT2D eigenvalue weighted by molar-refractivity contribution is -0.116. The monoisotopic (exact) mass is 422 g/mol. The molecule has 1 aromatic heterocycles. The minimum atomic E-state index is -3.59. The number of hydrogen-bond donors (Lipinski definition) is 1. The van der Waals surface area contributed by atoms with Crippen molar-refractivity contribution >= 4 is 21.6 Å². The molecule has 2 aromatic rings. The Kier molecular flexibility index (Phi) is 6.38. The van der Waals surface area contributed by atoms with E-state index in [4.69, 9.17) is 0 Å². The van der Waals surface area contributed by atoms with E-state index in [1.807, 2.05) is 0 Å². The summed E-state index contributed by atoms with van der Waals surface area (Å²) < 4.78 is 42.8. The van der Waals surface area contributed by atoms with Gasteiger partial charge in [-0.2, -0.15) is 9.40 Å². The number of carbonyl (C=O) groups excluding carboxylic acids is 1. The van der Waals surface area contributed by atoms with Crippen molar-refractivity contribution in [2.24, 2.45) is 0 Å². The lowest BCUT2D eigenvalue weighted by Gasteiger charge is -2.26. The summed E-state index contributed by atoms with van der Waals surface area (Å²) in [7, 11) is -3.59. The van der Waals surface area contributed by atoms with Gasteiger partial charge in [0.25, 0.3) is 0 Å². The van der Waals surface area contributed by atoms with Crippen LogP contribution in [-0.4, -0.2) is 41.5 Å². The van der Waals surface area contributed by atoms with Gasteiger partial charge >= 0.3 is 0 Å². The van der Waals surface area contributed by atoms with Gasteiger partial charge in [0, 0.05) is 25.2 Å². The molecule has 0 radical (unpaired) electrons. The van der Waals surface area contributed by atoms with Crippen LogP contribution < -0.4 is 5.32 Å². The van der Waals surface area contributed by atoms with Gasteiger partial charge in [-0.15, -0.1) is 0 Å². The Labute approximate surface area is 171 Å². The van der Waals surface area contributed by atoms with E-state index >= 15 is 0 Å². The summed E-state index contributed by atoms with van der Waals surface area (Å²) in [4.78, 5) is 12.5. The van der Waals surface area contributed by atoms with Gasteiger partial charge < -0.3 is 5.32 Å². The number of carbonyl (C=O) groups is 1. The number of nitrogens with one attached hydrogen (secondary N) is 1. The van der Waals surface area contributed by atoms with Crippen LogP contribution >= 0.6 is 0 Å². The normalized spacial score (nSPS) is 15.4. The van der Waals surface area contributed by atoms with E-state index in [-0.39, 0.29) is 29.6 Å². The van der Waals surface area contributed by atoms with Gasteiger partial charge in [-0.1, -0.05) is 12.5 Å². The molecule has 1 aliphatic rings. The molecule has 0 saturated carbocycles. The quantitative estimate of drug-likeness (QED) is 0.775. The Morgan fingerprint density at radius 3 is 2.52 bits per heavy atom. The molecule has 2 heterocycles. The van der Waals surface area contributed by atoms with Gasteiger partial charge in [0.1, 0.15) is 10.7 Å². The lowest BCUT2D eigenvalue weighted by Crippen LogP contribution is -2.36. The zero-order valence-electron chi connectivity index (χ0n) is 17.0. The first-order chi connectivity index (χ1) is 13.7. The van der Waals surface area contributed by atoms with Crippen LogP contribution in [0.4, 0.5) is 10.1 Å². The van der Waals surface area contributed by atoms with Crippen LogP contribution in [0.3, 0.4) is 0 Å². The molecule has 0 unspecified atom stereocenters. The third kappa shape index (κ3) is 4.67. The highest BCUT2D eigenvalue weighted by atomic mass is 32.2. The van der Waals surface area contributed by atoms with Crippen molar-refractivity contribution in [3.63, 3.8) is 0 Å². The van der Waals surface area contributed by atoms with Gasteiger partial charge in [0.05, 0.1) is 17.9 Å². The minimum absolute atomic E-state index is 0.0979. The number of benzene rings is 1. The first kappa shape index (κ1) is 21.4. The first-order valence-corrected chi connectivity index (χ1v) is 11.2. The molecule has 0 atom stereocenters. The van der Waals surface area contributed by atoms with Gasteiger partial charge in [-0.25, -0.2) is 12.8 Å². The van der Waals surface area contributed by atoms with E-state index in [9.17, 15) is 17.6 Å². The van der Waals surface area contributed by atoms with Crippen molar-refractivity contribution in [3.8, 4) is 0 Å². The molecule has 1 fully saturated rings. The van der Waals surface area contributed by atoms with Crippen LogP contribution in [0, 0.1) is 26.6 Å². The molecule has 29 heavy (non-hydrogen) atoms. The Bertz CT molecular complexity index is 1010. The van der Waals surface area contributed by atoms with Crippen molar-refractivity contribution in [3.05, 3.63) is 41.0 Å². The molecule has 0 spiro atoms. The van der Waals surface area contributed by atoms with Crippen LogP contribution in [0.15, 0.2) is 23.1 Å². The summed E-state index contributed by atoms with van der Waals surface area (Å²) in [5.74, 6) is -0.671. The van der Waals surface area contributed by atoms with E-state index in [1.54, 1.807) is 37.6 Å². The van der Waals surface area contributed by atoms with Gasteiger partial charge in [-0.3, -0.25) is 9.48 Å². The standard InChI is InChI=1S/C20H27FN4O3S/c1-14-7-8-17(13-18(14)21)22-19(26)9-12-25-16(3)20(15(2)23-25)29(27,28)24-10-5-4-6-11-24/h7-8,13H,4-6,9-12H2,1-3H3,(H,22,26). The minimum Gasteiger partial charge on any atom is -0.326 e. The lowest BCUT2D eigenvalue weighted by atomic mass is 10.2. The van der Waals surface area contributed by atoms with E-state index in [2.05, 4.69) is 10.4 Å². The Hall–Kier alpha value is -2.26. The fraction of sp³-hybridized carbons (Fsp3) is 0.500. The maximum Gasteiger partial charge on any atom is 0.246 e. The number of halogens is 1.